The average molecular weight is 387 g/mol. The summed E-state index contributed by atoms with van der Waals surface area (Å²) in [5.74, 6) is 0.701. The Labute approximate surface area is 170 Å². The second kappa shape index (κ2) is 8.45. The van der Waals surface area contributed by atoms with Gasteiger partial charge < -0.3 is 15.8 Å². The number of ether oxygens (including phenoxy) is 1. The van der Waals surface area contributed by atoms with E-state index in [2.05, 4.69) is 53.6 Å². The van der Waals surface area contributed by atoms with E-state index in [-0.39, 0.29) is 0 Å². The van der Waals surface area contributed by atoms with Gasteiger partial charge in [0.2, 0.25) is 11.8 Å². The lowest BCUT2D eigenvalue weighted by atomic mass is 10.1. The van der Waals surface area contributed by atoms with Gasteiger partial charge in [-0.25, -0.2) is 4.98 Å². The highest BCUT2D eigenvalue weighted by Gasteiger charge is 2.22. The lowest BCUT2D eigenvalue weighted by Gasteiger charge is -2.15. The molecule has 29 heavy (non-hydrogen) atoms. The van der Waals surface area contributed by atoms with Crippen LogP contribution in [0.25, 0.3) is 0 Å². The third-order valence-corrected chi connectivity index (χ3v) is 5.32. The Hall–Kier alpha value is -3.18. The van der Waals surface area contributed by atoms with E-state index in [0.717, 1.165) is 31.6 Å². The molecule has 1 aliphatic rings. The standard InChI is InChI=1S/C24H25N3O2/c1-16-3-2-4-17(13-16)11-12-26-22-9-5-18-14-20(7-8-21(18)22)29-23-10-6-19(15-27-23)24(25)28/h2-4,6-8,10,13-15,22,26H,5,9,11-12H2,1H3,(H2,25,28). The normalized spacial score (nSPS) is 15.1. The molecule has 1 unspecified atom stereocenters. The lowest BCUT2D eigenvalue weighted by Crippen LogP contribution is -2.21. The Bertz CT molecular complexity index is 1010. The molecule has 1 atom stereocenters. The minimum atomic E-state index is -0.498. The molecule has 1 aliphatic carbocycles. The molecule has 0 saturated heterocycles. The van der Waals surface area contributed by atoms with Gasteiger partial charge in [0.25, 0.3) is 0 Å². The van der Waals surface area contributed by atoms with Gasteiger partial charge in [-0.15, -0.1) is 0 Å². The van der Waals surface area contributed by atoms with Gasteiger partial charge in [-0.2, -0.15) is 0 Å². The van der Waals surface area contributed by atoms with Crippen LogP contribution in [0, 0.1) is 6.92 Å². The smallest absolute Gasteiger partial charge is 0.250 e. The van der Waals surface area contributed by atoms with Crippen molar-refractivity contribution in [3.05, 3.63) is 88.6 Å². The van der Waals surface area contributed by atoms with Crippen molar-refractivity contribution < 1.29 is 9.53 Å². The van der Waals surface area contributed by atoms with E-state index in [1.165, 1.54) is 28.5 Å². The summed E-state index contributed by atoms with van der Waals surface area (Å²) in [4.78, 5) is 15.3. The zero-order valence-electron chi connectivity index (χ0n) is 16.5. The molecule has 2 aromatic carbocycles. The third-order valence-electron chi connectivity index (χ3n) is 5.32. The summed E-state index contributed by atoms with van der Waals surface area (Å²) in [7, 11) is 0. The summed E-state index contributed by atoms with van der Waals surface area (Å²) in [6.45, 7) is 3.09. The number of nitrogens with zero attached hydrogens (tertiary/aromatic N) is 1. The van der Waals surface area contributed by atoms with Crippen LogP contribution in [0.2, 0.25) is 0 Å². The first kappa shape index (κ1) is 19.2. The van der Waals surface area contributed by atoms with Crippen LogP contribution >= 0.6 is 0 Å². The third kappa shape index (κ3) is 4.63. The summed E-state index contributed by atoms with van der Waals surface area (Å²) < 4.78 is 5.84. The molecule has 0 radical (unpaired) electrons. The van der Waals surface area contributed by atoms with Gasteiger partial charge >= 0.3 is 0 Å². The molecule has 0 fully saturated rings. The summed E-state index contributed by atoms with van der Waals surface area (Å²) in [5.41, 5.74) is 10.9. The van der Waals surface area contributed by atoms with Crippen LogP contribution in [0.4, 0.5) is 0 Å². The topological polar surface area (TPSA) is 77.2 Å². The molecule has 1 heterocycles. The van der Waals surface area contributed by atoms with Crippen LogP contribution in [0.5, 0.6) is 11.6 Å². The molecule has 1 aromatic heterocycles. The van der Waals surface area contributed by atoms with Crippen molar-refractivity contribution in [1.82, 2.24) is 10.3 Å². The predicted molar refractivity (Wildman–Crippen MR) is 113 cm³/mol. The highest BCUT2D eigenvalue weighted by Crippen LogP contribution is 2.34. The molecule has 148 valence electrons. The van der Waals surface area contributed by atoms with Crippen molar-refractivity contribution in [2.24, 2.45) is 5.73 Å². The quantitative estimate of drug-likeness (QED) is 0.640. The SMILES string of the molecule is Cc1cccc(CCNC2CCc3cc(Oc4ccc(C(N)=O)cn4)ccc32)c1. The highest BCUT2D eigenvalue weighted by molar-refractivity contribution is 5.92. The van der Waals surface area contributed by atoms with Gasteiger partial charge in [0, 0.05) is 18.3 Å². The molecule has 3 N–H and O–H groups in total. The average Bonchev–Trinajstić information content (AvgIpc) is 3.11. The molecular weight excluding hydrogens is 362 g/mol. The number of fused-ring (bicyclic) bond motifs is 1. The van der Waals surface area contributed by atoms with Crippen molar-refractivity contribution in [2.75, 3.05) is 6.54 Å². The Kier molecular flexibility index (Phi) is 5.58. The maximum Gasteiger partial charge on any atom is 0.250 e. The van der Waals surface area contributed by atoms with E-state index in [0.29, 0.717) is 17.5 Å². The molecule has 4 rings (SSSR count). The number of pyridine rings is 1. The van der Waals surface area contributed by atoms with E-state index >= 15 is 0 Å². The number of aryl methyl sites for hydroxylation is 2. The maximum atomic E-state index is 11.1. The van der Waals surface area contributed by atoms with E-state index < -0.39 is 5.91 Å². The largest absolute Gasteiger partial charge is 0.439 e. The van der Waals surface area contributed by atoms with Crippen molar-refractivity contribution in [3.63, 3.8) is 0 Å². The Balaban J connectivity index is 1.36. The van der Waals surface area contributed by atoms with Gasteiger partial charge in [-0.1, -0.05) is 35.9 Å². The van der Waals surface area contributed by atoms with Gasteiger partial charge in [-0.3, -0.25) is 4.79 Å². The van der Waals surface area contributed by atoms with Gasteiger partial charge in [0.1, 0.15) is 5.75 Å². The van der Waals surface area contributed by atoms with E-state index in [4.69, 9.17) is 10.5 Å². The predicted octanol–water partition coefficient (Wildman–Crippen LogP) is 4.10. The summed E-state index contributed by atoms with van der Waals surface area (Å²) in [5, 5.41) is 3.69. The fourth-order valence-electron chi connectivity index (χ4n) is 3.83. The Morgan fingerprint density at radius 3 is 2.86 bits per heavy atom. The van der Waals surface area contributed by atoms with Gasteiger partial charge in [-0.05, 0) is 67.6 Å². The second-order valence-corrected chi connectivity index (χ2v) is 7.50. The number of carbonyl (C=O) groups is 1. The number of aromatic nitrogens is 1. The highest BCUT2D eigenvalue weighted by atomic mass is 16.5. The zero-order chi connectivity index (χ0) is 20.2. The fourth-order valence-corrected chi connectivity index (χ4v) is 3.83. The minimum Gasteiger partial charge on any atom is -0.439 e. The molecule has 0 bridgehead atoms. The van der Waals surface area contributed by atoms with Crippen LogP contribution < -0.4 is 15.8 Å². The van der Waals surface area contributed by atoms with Gasteiger partial charge in [0.15, 0.2) is 0 Å². The number of rotatable bonds is 7. The first-order valence-electron chi connectivity index (χ1n) is 9.94. The van der Waals surface area contributed by atoms with E-state index in [1.807, 2.05) is 6.07 Å². The summed E-state index contributed by atoms with van der Waals surface area (Å²) >= 11 is 0. The number of hydrogen-bond acceptors (Lipinski definition) is 4. The van der Waals surface area contributed by atoms with Crippen LogP contribution in [0.3, 0.4) is 0 Å². The molecule has 3 aromatic rings. The fraction of sp³-hybridized carbons (Fsp3) is 0.250. The summed E-state index contributed by atoms with van der Waals surface area (Å²) in [6, 6.07) is 18.5. The van der Waals surface area contributed by atoms with Crippen LogP contribution in [-0.2, 0) is 12.8 Å². The lowest BCUT2D eigenvalue weighted by molar-refractivity contribution is 0.1000. The second-order valence-electron chi connectivity index (χ2n) is 7.50. The molecule has 0 spiro atoms. The Morgan fingerprint density at radius 1 is 1.21 bits per heavy atom. The number of amides is 1. The molecule has 0 saturated carbocycles. The number of nitrogens with two attached hydrogens (primary N) is 1. The molecule has 1 amide bonds. The van der Waals surface area contributed by atoms with Gasteiger partial charge in [0.05, 0.1) is 5.56 Å². The van der Waals surface area contributed by atoms with Crippen LogP contribution in [0.1, 0.15) is 45.1 Å². The van der Waals surface area contributed by atoms with Crippen molar-refractivity contribution >= 4 is 5.91 Å². The number of nitrogens with one attached hydrogen (secondary N) is 1. The first-order valence-corrected chi connectivity index (χ1v) is 9.94. The molecular formula is C24H25N3O2. The number of primary amides is 1. The zero-order valence-corrected chi connectivity index (χ0v) is 16.5. The Morgan fingerprint density at radius 2 is 2.10 bits per heavy atom. The first-order chi connectivity index (χ1) is 14.1. The number of benzene rings is 2. The van der Waals surface area contributed by atoms with Crippen LogP contribution in [-0.4, -0.2) is 17.4 Å². The molecule has 0 aliphatic heterocycles. The molecule has 5 nitrogen and oxygen atoms in total. The monoisotopic (exact) mass is 387 g/mol. The minimum absolute atomic E-state index is 0.367. The number of hydrogen-bond donors (Lipinski definition) is 2. The maximum absolute atomic E-state index is 11.1. The van der Waals surface area contributed by atoms with Crippen molar-refractivity contribution in [2.45, 2.75) is 32.2 Å². The van der Waals surface area contributed by atoms with Crippen LogP contribution in [0.15, 0.2) is 60.8 Å². The van der Waals surface area contributed by atoms with E-state index in [9.17, 15) is 4.79 Å². The van der Waals surface area contributed by atoms with Crippen molar-refractivity contribution in [3.8, 4) is 11.6 Å². The van der Waals surface area contributed by atoms with E-state index in [1.54, 1.807) is 12.1 Å². The number of carbonyl (C=O) groups excluding carboxylic acids is 1. The molecule has 5 heteroatoms. The van der Waals surface area contributed by atoms with Crippen molar-refractivity contribution in [1.29, 1.82) is 0 Å². The summed E-state index contributed by atoms with van der Waals surface area (Å²) in [6.07, 6.45) is 4.59.